The number of likely N-dealkylation sites (tertiary alicyclic amines) is 1. The van der Waals surface area contributed by atoms with Gasteiger partial charge in [0.15, 0.2) is 0 Å². The van der Waals surface area contributed by atoms with E-state index in [1.807, 2.05) is 30.3 Å². The Hall–Kier alpha value is -1.97. The van der Waals surface area contributed by atoms with Gasteiger partial charge < -0.3 is 10.3 Å². The minimum absolute atomic E-state index is 0.238. The maximum Gasteiger partial charge on any atom is 0.291 e. The molecule has 2 rings (SSSR count). The summed E-state index contributed by atoms with van der Waals surface area (Å²) in [6.07, 6.45) is 0. The van der Waals surface area contributed by atoms with Crippen molar-refractivity contribution in [3.8, 4) is 0 Å². The summed E-state index contributed by atoms with van der Waals surface area (Å²) >= 11 is 0. The number of rotatable bonds is 2. The number of hydrogen-bond donors (Lipinski definition) is 1. The van der Waals surface area contributed by atoms with Crippen LogP contribution in [0.3, 0.4) is 0 Å². The molecule has 4 nitrogen and oxygen atoms in total. The van der Waals surface area contributed by atoms with E-state index in [2.05, 4.69) is 0 Å². The van der Waals surface area contributed by atoms with Crippen molar-refractivity contribution in [2.45, 2.75) is 13.0 Å². The lowest BCUT2D eigenvalue weighted by atomic mass is 9.89. The number of hydrogen-bond acceptors (Lipinski definition) is 3. The smallest absolute Gasteiger partial charge is 0.291 e. The van der Waals surface area contributed by atoms with Crippen LogP contribution in [-0.2, 0) is 9.59 Å². The van der Waals surface area contributed by atoms with E-state index in [1.54, 1.807) is 14.0 Å². The SMILES string of the molecule is CC(=N)C1C(=O)C(=O)N(C)[C@H]1c1ccccc1. The molecule has 1 aliphatic heterocycles. The second-order valence-corrected chi connectivity index (χ2v) is 4.30. The van der Waals surface area contributed by atoms with E-state index in [0.29, 0.717) is 0 Å². The third-order valence-corrected chi connectivity index (χ3v) is 3.15. The molecule has 1 aromatic rings. The first-order valence-corrected chi connectivity index (χ1v) is 5.45. The molecule has 1 heterocycles. The average molecular weight is 230 g/mol. The second-order valence-electron chi connectivity index (χ2n) is 4.30. The minimum Gasteiger partial charge on any atom is -0.331 e. The summed E-state index contributed by atoms with van der Waals surface area (Å²) in [5, 5.41) is 7.68. The van der Waals surface area contributed by atoms with Gasteiger partial charge in [-0.05, 0) is 12.5 Å². The quantitative estimate of drug-likeness (QED) is 0.617. The Kier molecular flexibility index (Phi) is 2.79. The Labute approximate surface area is 99.7 Å². The lowest BCUT2D eigenvalue weighted by molar-refractivity contribution is -0.140. The number of benzene rings is 1. The molecule has 2 atom stereocenters. The highest BCUT2D eigenvalue weighted by molar-refractivity contribution is 6.43. The zero-order valence-corrected chi connectivity index (χ0v) is 9.81. The Bertz CT molecular complexity index is 481. The number of Topliss-reactive ketones (excluding diaryl/α,β-unsaturated/α-hetero) is 1. The van der Waals surface area contributed by atoms with E-state index in [0.717, 1.165) is 5.56 Å². The van der Waals surface area contributed by atoms with Gasteiger partial charge in [0.2, 0.25) is 5.78 Å². The van der Waals surface area contributed by atoms with Crippen LogP contribution in [0, 0.1) is 11.3 Å². The topological polar surface area (TPSA) is 61.2 Å². The van der Waals surface area contributed by atoms with Crippen molar-refractivity contribution in [2.24, 2.45) is 5.92 Å². The molecule has 4 heteroatoms. The molecule has 1 unspecified atom stereocenters. The fraction of sp³-hybridized carbons (Fsp3) is 0.308. The lowest BCUT2D eigenvalue weighted by Gasteiger charge is -2.23. The van der Waals surface area contributed by atoms with Crippen LogP contribution in [0.15, 0.2) is 30.3 Å². The standard InChI is InChI=1S/C13H14N2O2/c1-8(14)10-11(9-6-4-3-5-7-9)15(2)13(17)12(10)16/h3-7,10-11,14H,1-2H3/t10?,11-/m0/s1. The lowest BCUT2D eigenvalue weighted by Crippen LogP contribution is -2.26. The molecule has 0 aromatic heterocycles. The number of amides is 1. The number of nitrogens with zero attached hydrogens (tertiary/aromatic N) is 1. The zero-order chi connectivity index (χ0) is 12.6. The van der Waals surface area contributed by atoms with Crippen molar-refractivity contribution >= 4 is 17.4 Å². The fourth-order valence-electron chi connectivity index (χ4n) is 2.30. The molecule has 1 amide bonds. The summed E-state index contributed by atoms with van der Waals surface area (Å²) in [5.41, 5.74) is 1.13. The predicted molar refractivity (Wildman–Crippen MR) is 63.9 cm³/mol. The van der Waals surface area contributed by atoms with E-state index < -0.39 is 17.6 Å². The molecule has 1 fully saturated rings. The fourth-order valence-corrected chi connectivity index (χ4v) is 2.30. The van der Waals surface area contributed by atoms with Crippen LogP contribution in [0.2, 0.25) is 0 Å². The molecule has 1 aliphatic rings. The van der Waals surface area contributed by atoms with Crippen LogP contribution in [0.25, 0.3) is 0 Å². The van der Waals surface area contributed by atoms with Gasteiger partial charge >= 0.3 is 0 Å². The van der Waals surface area contributed by atoms with Crippen molar-refractivity contribution in [3.63, 3.8) is 0 Å². The van der Waals surface area contributed by atoms with Gasteiger partial charge in [0.05, 0.1) is 12.0 Å². The normalized spacial score (nSPS) is 24.2. The minimum atomic E-state index is -0.644. The number of ketones is 1. The first-order valence-electron chi connectivity index (χ1n) is 5.45. The van der Waals surface area contributed by atoms with Crippen molar-refractivity contribution in [1.82, 2.24) is 4.90 Å². The first-order chi connectivity index (χ1) is 8.04. The number of likely N-dealkylation sites (N-methyl/N-ethyl adjacent to an activating group) is 1. The molecule has 1 saturated heterocycles. The molecule has 0 aliphatic carbocycles. The highest BCUT2D eigenvalue weighted by Gasteiger charge is 2.47. The predicted octanol–water partition coefficient (Wildman–Crippen LogP) is 1.42. The van der Waals surface area contributed by atoms with Crippen LogP contribution < -0.4 is 0 Å². The Morgan fingerprint density at radius 3 is 2.35 bits per heavy atom. The first kappa shape index (κ1) is 11.5. The van der Waals surface area contributed by atoms with Crippen LogP contribution in [-0.4, -0.2) is 29.3 Å². The van der Waals surface area contributed by atoms with Gasteiger partial charge in [0.1, 0.15) is 0 Å². The van der Waals surface area contributed by atoms with Crippen molar-refractivity contribution in [3.05, 3.63) is 35.9 Å². The Morgan fingerprint density at radius 1 is 1.24 bits per heavy atom. The van der Waals surface area contributed by atoms with Crippen LogP contribution in [0.1, 0.15) is 18.5 Å². The van der Waals surface area contributed by atoms with E-state index >= 15 is 0 Å². The van der Waals surface area contributed by atoms with E-state index in [1.165, 1.54) is 4.90 Å². The van der Waals surface area contributed by atoms with Gasteiger partial charge in [0, 0.05) is 12.8 Å². The summed E-state index contributed by atoms with van der Waals surface area (Å²) in [5.74, 6) is -1.63. The van der Waals surface area contributed by atoms with Gasteiger partial charge in [-0.2, -0.15) is 0 Å². The Morgan fingerprint density at radius 2 is 1.82 bits per heavy atom. The van der Waals surface area contributed by atoms with Gasteiger partial charge in [-0.1, -0.05) is 30.3 Å². The molecule has 1 N–H and O–H groups in total. The van der Waals surface area contributed by atoms with Crippen molar-refractivity contribution in [2.75, 3.05) is 7.05 Å². The summed E-state index contributed by atoms with van der Waals surface area (Å²) in [7, 11) is 1.61. The molecule has 0 saturated carbocycles. The van der Waals surface area contributed by atoms with Crippen molar-refractivity contribution < 1.29 is 9.59 Å². The third kappa shape index (κ3) is 1.75. The molecule has 0 radical (unpaired) electrons. The van der Waals surface area contributed by atoms with E-state index in [9.17, 15) is 9.59 Å². The monoisotopic (exact) mass is 230 g/mol. The third-order valence-electron chi connectivity index (χ3n) is 3.15. The summed E-state index contributed by atoms with van der Waals surface area (Å²) in [4.78, 5) is 24.9. The van der Waals surface area contributed by atoms with Gasteiger partial charge in [-0.3, -0.25) is 9.59 Å². The van der Waals surface area contributed by atoms with Crippen LogP contribution in [0.5, 0.6) is 0 Å². The summed E-state index contributed by atoms with van der Waals surface area (Å²) < 4.78 is 0. The van der Waals surface area contributed by atoms with E-state index in [-0.39, 0.29) is 11.8 Å². The molecule has 88 valence electrons. The van der Waals surface area contributed by atoms with E-state index in [4.69, 9.17) is 5.41 Å². The molecule has 17 heavy (non-hydrogen) atoms. The molecular formula is C13H14N2O2. The van der Waals surface area contributed by atoms with Crippen LogP contribution in [0.4, 0.5) is 0 Å². The zero-order valence-electron chi connectivity index (χ0n) is 9.81. The highest BCUT2D eigenvalue weighted by Crippen LogP contribution is 2.35. The second kappa shape index (κ2) is 4.13. The average Bonchev–Trinajstić information content (AvgIpc) is 2.55. The number of carbonyl (C=O) groups excluding carboxylic acids is 2. The maximum absolute atomic E-state index is 11.8. The summed E-state index contributed by atoms with van der Waals surface area (Å²) in [6, 6.07) is 9.04. The molecular weight excluding hydrogens is 216 g/mol. The van der Waals surface area contributed by atoms with Crippen LogP contribution >= 0.6 is 0 Å². The molecule has 1 aromatic carbocycles. The summed E-state index contributed by atoms with van der Waals surface area (Å²) in [6.45, 7) is 1.57. The number of nitrogens with one attached hydrogen (secondary N) is 1. The van der Waals surface area contributed by atoms with Crippen molar-refractivity contribution in [1.29, 1.82) is 5.41 Å². The molecule has 0 spiro atoms. The van der Waals surface area contributed by atoms with Gasteiger partial charge in [-0.15, -0.1) is 0 Å². The highest BCUT2D eigenvalue weighted by atomic mass is 16.2. The molecule has 0 bridgehead atoms. The van der Waals surface area contributed by atoms with Gasteiger partial charge in [-0.25, -0.2) is 0 Å². The largest absolute Gasteiger partial charge is 0.331 e. The number of carbonyl (C=O) groups is 2. The van der Waals surface area contributed by atoms with Gasteiger partial charge in [0.25, 0.3) is 5.91 Å². The Balaban J connectivity index is 2.47. The maximum atomic E-state index is 11.8.